The Balaban J connectivity index is 0.00000121. The van der Waals surface area contributed by atoms with Crippen LogP contribution in [0.4, 0.5) is 0 Å². The van der Waals surface area contributed by atoms with Crippen molar-refractivity contribution in [2.75, 3.05) is 13.7 Å². The van der Waals surface area contributed by atoms with Gasteiger partial charge in [-0.1, -0.05) is 13.8 Å². The summed E-state index contributed by atoms with van der Waals surface area (Å²) >= 11 is 0. The van der Waals surface area contributed by atoms with Gasteiger partial charge in [-0.25, -0.2) is 0 Å². The van der Waals surface area contributed by atoms with Crippen LogP contribution in [0, 0.1) is 0 Å². The zero-order valence-electron chi connectivity index (χ0n) is 12.5. The van der Waals surface area contributed by atoms with Crippen molar-refractivity contribution in [1.82, 2.24) is 4.90 Å². The molecule has 4 nitrogen and oxygen atoms in total. The third kappa shape index (κ3) is 4.21. The van der Waals surface area contributed by atoms with E-state index in [0.29, 0.717) is 0 Å². The van der Waals surface area contributed by atoms with Crippen molar-refractivity contribution < 1.29 is 9.47 Å². The van der Waals surface area contributed by atoms with Crippen molar-refractivity contribution in [2.45, 2.75) is 72.1 Å². The third-order valence-corrected chi connectivity index (χ3v) is 3.32. The van der Waals surface area contributed by atoms with Gasteiger partial charge in [0.2, 0.25) is 0 Å². The first-order valence-corrected chi connectivity index (χ1v) is 6.68. The molecule has 4 unspecified atom stereocenters. The van der Waals surface area contributed by atoms with E-state index in [1.54, 1.807) is 0 Å². The minimum atomic E-state index is -0.398. The number of nitrogens with zero attached hydrogens (tertiary/aromatic N) is 1. The summed E-state index contributed by atoms with van der Waals surface area (Å²) in [5.74, 6) is 0. The molecule has 0 spiro atoms. The van der Waals surface area contributed by atoms with E-state index in [1.165, 1.54) is 0 Å². The molecule has 0 aliphatic carbocycles. The lowest BCUT2D eigenvalue weighted by atomic mass is 10.0. The highest BCUT2D eigenvalue weighted by molar-refractivity contribution is 4.94. The highest BCUT2D eigenvalue weighted by atomic mass is 16.5. The highest BCUT2D eigenvalue weighted by Crippen LogP contribution is 2.30. The van der Waals surface area contributed by atoms with Gasteiger partial charge in [-0.2, -0.15) is 0 Å². The Hall–Kier alpha value is -0.160. The number of nitrogens with two attached hydrogens (primary N) is 1. The normalized spacial score (nSPS) is 35.3. The molecule has 2 N–H and O–H groups in total. The fourth-order valence-corrected chi connectivity index (χ4v) is 2.03. The van der Waals surface area contributed by atoms with Gasteiger partial charge in [0.05, 0.1) is 17.9 Å². The van der Waals surface area contributed by atoms with Crippen LogP contribution in [0.5, 0.6) is 0 Å². The summed E-state index contributed by atoms with van der Waals surface area (Å²) in [5, 5.41) is 0. The van der Waals surface area contributed by atoms with E-state index in [9.17, 15) is 0 Å². The largest absolute Gasteiger partial charge is 0.379 e. The molecule has 17 heavy (non-hydrogen) atoms. The first-order chi connectivity index (χ1) is 7.89. The van der Waals surface area contributed by atoms with Crippen LogP contribution in [0.25, 0.3) is 0 Å². The minimum absolute atomic E-state index is 0.0408. The van der Waals surface area contributed by atoms with Crippen molar-refractivity contribution in [1.29, 1.82) is 0 Å². The van der Waals surface area contributed by atoms with Gasteiger partial charge in [-0.3, -0.25) is 4.90 Å². The Labute approximate surface area is 106 Å². The molecular weight excluding hydrogens is 216 g/mol. The number of likely N-dealkylation sites (N-methyl/N-ethyl adjacent to an activating group) is 1. The van der Waals surface area contributed by atoms with Crippen LogP contribution < -0.4 is 5.73 Å². The van der Waals surface area contributed by atoms with E-state index in [4.69, 9.17) is 15.2 Å². The minimum Gasteiger partial charge on any atom is -0.379 e. The molecule has 4 heteroatoms. The lowest BCUT2D eigenvalue weighted by Gasteiger charge is -2.32. The highest BCUT2D eigenvalue weighted by Gasteiger charge is 2.45. The van der Waals surface area contributed by atoms with Crippen LogP contribution in [0.15, 0.2) is 0 Å². The van der Waals surface area contributed by atoms with Crippen molar-refractivity contribution in [3.63, 3.8) is 0 Å². The molecule has 4 atom stereocenters. The summed E-state index contributed by atoms with van der Waals surface area (Å²) in [6, 6.07) is 0. The van der Waals surface area contributed by atoms with Crippen molar-refractivity contribution in [3.05, 3.63) is 0 Å². The molecule has 1 rings (SSSR count). The maximum Gasteiger partial charge on any atom is 0.109 e. The Bertz CT molecular complexity index is 210. The van der Waals surface area contributed by atoms with Gasteiger partial charge in [0.25, 0.3) is 0 Å². The Morgan fingerprint density at radius 1 is 1.47 bits per heavy atom. The van der Waals surface area contributed by atoms with Crippen LogP contribution in [0.1, 0.15) is 48.0 Å². The Morgan fingerprint density at radius 2 is 2.00 bits per heavy atom. The summed E-state index contributed by atoms with van der Waals surface area (Å²) in [4.78, 5) is 2.07. The van der Waals surface area contributed by atoms with Crippen molar-refractivity contribution >= 4 is 0 Å². The van der Waals surface area contributed by atoms with Crippen LogP contribution in [-0.4, -0.2) is 42.7 Å². The Morgan fingerprint density at radius 3 is 2.35 bits per heavy atom. The Kier molecular flexibility index (Phi) is 7.24. The van der Waals surface area contributed by atoms with E-state index in [1.807, 2.05) is 41.7 Å². The predicted molar refractivity (Wildman–Crippen MR) is 71.7 cm³/mol. The summed E-state index contributed by atoms with van der Waals surface area (Å²) in [5.41, 5.74) is 5.85. The molecule has 0 radical (unpaired) electrons. The second-order valence-electron chi connectivity index (χ2n) is 4.56. The lowest BCUT2D eigenvalue weighted by Crippen LogP contribution is -2.55. The fraction of sp³-hybridized carbons (Fsp3) is 1.00. The smallest absolute Gasteiger partial charge is 0.109 e. The molecule has 0 aromatic carbocycles. The van der Waals surface area contributed by atoms with Crippen molar-refractivity contribution in [3.8, 4) is 0 Å². The zero-order chi connectivity index (χ0) is 13.6. The van der Waals surface area contributed by atoms with Crippen LogP contribution in [0.2, 0.25) is 0 Å². The molecule has 0 aromatic heterocycles. The van der Waals surface area contributed by atoms with Gasteiger partial charge in [-0.15, -0.1) is 0 Å². The van der Waals surface area contributed by atoms with Crippen LogP contribution in [-0.2, 0) is 9.47 Å². The molecule has 0 bridgehead atoms. The standard InChI is InChI=1S/C11H24N2O2.C2H6/c1-6-14-8(2)7-10-11(4,12)13(5)9(3)15-10;1-2/h8-10H,6-7,12H2,1-5H3;1-2H3. The van der Waals surface area contributed by atoms with E-state index >= 15 is 0 Å². The number of hydrogen-bond donors (Lipinski definition) is 1. The topological polar surface area (TPSA) is 47.7 Å². The van der Waals surface area contributed by atoms with E-state index < -0.39 is 5.66 Å². The molecule has 1 saturated heterocycles. The average Bonchev–Trinajstić information content (AvgIpc) is 2.46. The SMILES string of the molecule is CC.CCOC(C)CC1OC(C)N(C)C1(C)N. The van der Waals surface area contributed by atoms with Gasteiger partial charge in [0, 0.05) is 13.0 Å². The summed E-state index contributed by atoms with van der Waals surface area (Å²) in [6.07, 6.45) is 1.16. The molecule has 1 heterocycles. The first kappa shape index (κ1) is 16.8. The van der Waals surface area contributed by atoms with Crippen molar-refractivity contribution in [2.24, 2.45) is 5.73 Å². The van der Waals surface area contributed by atoms with E-state index in [2.05, 4.69) is 11.8 Å². The molecule has 1 aliphatic heterocycles. The third-order valence-electron chi connectivity index (χ3n) is 3.32. The molecule has 0 saturated carbocycles. The van der Waals surface area contributed by atoms with E-state index in [0.717, 1.165) is 13.0 Å². The average molecular weight is 246 g/mol. The van der Waals surface area contributed by atoms with Gasteiger partial charge >= 0.3 is 0 Å². The number of rotatable bonds is 4. The summed E-state index contributed by atoms with van der Waals surface area (Å²) in [7, 11) is 2.00. The molecule has 1 fully saturated rings. The van der Waals surface area contributed by atoms with Gasteiger partial charge in [0.15, 0.2) is 0 Å². The van der Waals surface area contributed by atoms with Crippen LogP contribution >= 0.6 is 0 Å². The second-order valence-corrected chi connectivity index (χ2v) is 4.56. The van der Waals surface area contributed by atoms with Gasteiger partial charge in [0.1, 0.15) is 6.23 Å². The molecule has 0 aromatic rings. The monoisotopic (exact) mass is 246 g/mol. The first-order valence-electron chi connectivity index (χ1n) is 6.68. The zero-order valence-corrected chi connectivity index (χ0v) is 12.5. The quantitative estimate of drug-likeness (QED) is 0.826. The predicted octanol–water partition coefficient (Wildman–Crippen LogP) is 2.18. The van der Waals surface area contributed by atoms with Gasteiger partial charge in [-0.05, 0) is 34.7 Å². The van der Waals surface area contributed by atoms with Gasteiger partial charge < -0.3 is 15.2 Å². The summed E-state index contributed by atoms with van der Waals surface area (Å²) < 4.78 is 11.3. The molecule has 0 amide bonds. The molecule has 1 aliphatic rings. The fourth-order valence-electron chi connectivity index (χ4n) is 2.03. The maximum atomic E-state index is 6.25. The second kappa shape index (κ2) is 7.31. The van der Waals surface area contributed by atoms with Crippen LogP contribution in [0.3, 0.4) is 0 Å². The molecule has 104 valence electrons. The maximum absolute atomic E-state index is 6.25. The number of ether oxygens (including phenoxy) is 2. The molecular formula is C13H30N2O2. The lowest BCUT2D eigenvalue weighted by molar-refractivity contribution is -0.0176. The summed E-state index contributed by atoms with van der Waals surface area (Å²) in [6.45, 7) is 12.8. The number of hydrogen-bond acceptors (Lipinski definition) is 4. The van der Waals surface area contributed by atoms with E-state index in [-0.39, 0.29) is 18.4 Å².